The molecule has 1 aliphatic carbocycles. The van der Waals surface area contributed by atoms with Crippen LogP contribution >= 0.6 is 23.2 Å². The first-order valence-corrected chi connectivity index (χ1v) is 20.0. The van der Waals surface area contributed by atoms with Crippen molar-refractivity contribution in [3.05, 3.63) is 122 Å². The van der Waals surface area contributed by atoms with Gasteiger partial charge in [-0.15, -0.1) is 0 Å². The molecule has 4 fully saturated rings. The summed E-state index contributed by atoms with van der Waals surface area (Å²) in [6.07, 6.45) is -0.673. The number of benzene rings is 3. The summed E-state index contributed by atoms with van der Waals surface area (Å²) in [6, 6.07) is 15.0. The van der Waals surface area contributed by atoms with Crippen molar-refractivity contribution in [2.45, 2.75) is 63.1 Å². The molecule has 2 bridgehead atoms. The molecule has 20 heteroatoms. The van der Waals surface area contributed by atoms with E-state index in [4.69, 9.17) is 52.1 Å². The van der Waals surface area contributed by atoms with Crippen LogP contribution in [0.15, 0.2) is 79.1 Å². The van der Waals surface area contributed by atoms with Gasteiger partial charge >= 0.3 is 30.7 Å². The number of rotatable bonds is 15. The number of carboxylic acids is 1. The second-order valence-corrected chi connectivity index (χ2v) is 15.6. The van der Waals surface area contributed by atoms with Crippen molar-refractivity contribution in [1.82, 2.24) is 4.90 Å². The third kappa shape index (κ3) is 12.3. The molecule has 0 spiro atoms. The summed E-state index contributed by atoms with van der Waals surface area (Å²) in [5.74, 6) is -4.45. The van der Waals surface area contributed by atoms with Crippen molar-refractivity contribution in [3.63, 3.8) is 0 Å². The number of alkyl halides is 5. The Bertz CT molecular complexity index is 2220. The van der Waals surface area contributed by atoms with E-state index in [1.54, 1.807) is 18.2 Å². The lowest BCUT2D eigenvalue weighted by Crippen LogP contribution is -2.52. The average Bonchev–Trinajstić information content (AvgIpc) is 4.06. The largest absolute Gasteiger partial charge is 0.619 e. The number of aliphatic carboxylic acids is 1. The molecule has 1 saturated carbocycles. The zero-order chi connectivity index (χ0) is 44.7. The van der Waals surface area contributed by atoms with Gasteiger partial charge in [-0.3, -0.25) is 4.90 Å². The van der Waals surface area contributed by atoms with E-state index >= 15 is 4.39 Å². The van der Waals surface area contributed by atoms with Crippen LogP contribution in [0.2, 0.25) is 10.0 Å². The molecule has 8 rings (SSSR count). The maximum Gasteiger partial charge on any atom is 0.490 e. The lowest BCUT2D eigenvalue weighted by Gasteiger charge is -2.44. The van der Waals surface area contributed by atoms with Crippen molar-refractivity contribution >= 4 is 46.8 Å². The number of ether oxygens (including phenoxy) is 4. The van der Waals surface area contributed by atoms with Gasteiger partial charge in [-0.25, -0.2) is 18.8 Å². The highest BCUT2D eigenvalue weighted by molar-refractivity contribution is 6.35. The molecule has 0 amide bonds. The number of carboxylic acid groups (broad SMARTS) is 1. The fraction of sp³-hybridized carbons (Fsp3) is 0.381. The molecular weight excluding hydrogens is 875 g/mol. The van der Waals surface area contributed by atoms with Gasteiger partial charge in [-0.2, -0.15) is 26.7 Å². The number of hydrogen-bond acceptors (Lipinski definition) is 10. The van der Waals surface area contributed by atoms with Gasteiger partial charge in [-0.1, -0.05) is 53.5 Å². The first-order chi connectivity index (χ1) is 29.4. The van der Waals surface area contributed by atoms with E-state index in [1.165, 1.54) is 48.5 Å². The third-order valence-corrected chi connectivity index (χ3v) is 11.0. The molecule has 4 aromatic rings. The highest BCUT2D eigenvalue weighted by Crippen LogP contribution is 2.39. The number of pyridine rings is 1. The number of nitrogens with one attached hydrogen (secondary N) is 1. The second kappa shape index (κ2) is 20.2. The Morgan fingerprint density at radius 2 is 1.61 bits per heavy atom. The van der Waals surface area contributed by atoms with Crippen molar-refractivity contribution in [2.75, 3.05) is 31.6 Å². The predicted octanol–water partition coefficient (Wildman–Crippen LogP) is 8.72. The van der Waals surface area contributed by atoms with Crippen LogP contribution in [0, 0.1) is 22.9 Å². The minimum absolute atomic E-state index is 0.0157. The van der Waals surface area contributed by atoms with Crippen molar-refractivity contribution in [1.29, 1.82) is 0 Å². The molecule has 4 heterocycles. The van der Waals surface area contributed by atoms with Crippen LogP contribution in [0.25, 0.3) is 0 Å². The Balaban J connectivity index is 0.000000845. The molecule has 1 aromatic heterocycles. The number of carbonyl (C=O) groups is 3. The minimum Gasteiger partial charge on any atom is -0.619 e. The Labute approximate surface area is 360 Å². The van der Waals surface area contributed by atoms with Gasteiger partial charge in [0.25, 0.3) is 0 Å². The third-order valence-electron chi connectivity index (χ3n) is 10.4. The van der Waals surface area contributed by atoms with Gasteiger partial charge in [0, 0.05) is 29.8 Å². The van der Waals surface area contributed by atoms with Gasteiger partial charge < -0.3 is 34.6 Å². The first kappa shape index (κ1) is 46.1. The van der Waals surface area contributed by atoms with Crippen LogP contribution in [0.4, 0.5) is 32.0 Å². The number of hydrogen-bond donors (Lipinski definition) is 2. The van der Waals surface area contributed by atoms with Crippen molar-refractivity contribution in [3.8, 4) is 11.5 Å². The molecule has 4 aliphatic rings. The Kier molecular flexibility index (Phi) is 15.0. The van der Waals surface area contributed by atoms with E-state index in [9.17, 15) is 36.7 Å². The topological polar surface area (TPSA) is 151 Å². The predicted molar refractivity (Wildman–Crippen MR) is 211 cm³/mol. The summed E-state index contributed by atoms with van der Waals surface area (Å²) < 4.78 is 96.6. The zero-order valence-corrected chi connectivity index (χ0v) is 34.0. The van der Waals surface area contributed by atoms with E-state index in [0.29, 0.717) is 34.0 Å². The second-order valence-electron chi connectivity index (χ2n) is 14.8. The van der Waals surface area contributed by atoms with Gasteiger partial charge in [0.15, 0.2) is 29.9 Å². The van der Waals surface area contributed by atoms with Crippen LogP contribution in [0.3, 0.4) is 0 Å². The van der Waals surface area contributed by atoms with Gasteiger partial charge in [0.1, 0.15) is 28.1 Å². The Hall–Kier alpha value is -5.46. The lowest BCUT2D eigenvalue weighted by atomic mass is 9.86. The molecule has 0 radical (unpaired) electrons. The summed E-state index contributed by atoms with van der Waals surface area (Å²) in [5, 5.41) is 22.2. The maximum absolute atomic E-state index is 15.2. The normalized spacial score (nSPS) is 19.1. The fourth-order valence-corrected chi connectivity index (χ4v) is 7.59. The van der Waals surface area contributed by atoms with Crippen LogP contribution in [-0.4, -0.2) is 73.0 Å². The van der Waals surface area contributed by atoms with Crippen LogP contribution < -0.4 is 19.5 Å². The number of carbonyl (C=O) groups excluding carboxylic acids is 2. The van der Waals surface area contributed by atoms with E-state index < -0.39 is 48.7 Å². The number of anilines is 1. The highest BCUT2D eigenvalue weighted by atomic mass is 35.5. The number of halogens is 8. The molecule has 3 aromatic carbocycles. The summed E-state index contributed by atoms with van der Waals surface area (Å²) >= 11 is 12.8. The van der Waals surface area contributed by atoms with Crippen molar-refractivity contribution in [2.24, 2.45) is 11.8 Å². The van der Waals surface area contributed by atoms with Crippen LogP contribution in [0.1, 0.15) is 64.9 Å². The van der Waals surface area contributed by atoms with E-state index in [0.717, 1.165) is 51.2 Å². The number of esters is 2. The lowest BCUT2D eigenvalue weighted by molar-refractivity contribution is -0.605. The number of nitrogens with zero attached hydrogens (tertiary/aromatic N) is 2. The summed E-state index contributed by atoms with van der Waals surface area (Å²) in [5.41, 5.74) is 1.10. The van der Waals surface area contributed by atoms with Crippen molar-refractivity contribution < 1.29 is 69.5 Å². The summed E-state index contributed by atoms with van der Waals surface area (Å²) in [7, 11) is 0. The quantitative estimate of drug-likeness (QED) is 0.0510. The molecule has 3 saturated heterocycles. The molecule has 2 unspecified atom stereocenters. The molecule has 3 aliphatic heterocycles. The first-order valence-electron chi connectivity index (χ1n) is 19.3. The zero-order valence-electron chi connectivity index (χ0n) is 32.5. The molecule has 12 nitrogen and oxygen atoms in total. The summed E-state index contributed by atoms with van der Waals surface area (Å²) in [4.78, 5) is 38.8. The molecule has 2 N–H and O–H groups in total. The maximum atomic E-state index is 15.2. The fourth-order valence-electron chi connectivity index (χ4n) is 7.00. The average molecular weight is 915 g/mol. The molecule has 62 heavy (non-hydrogen) atoms. The van der Waals surface area contributed by atoms with Gasteiger partial charge in [0.05, 0.1) is 12.2 Å². The summed E-state index contributed by atoms with van der Waals surface area (Å²) in [6.45, 7) is -0.290. The SMILES string of the molecule is O=C(O)C(F)(F)F.O=C(OC(Cc1c(Cl)c[n+]([O-])cc1Cl)c1ccc(OC(F)F)c(OCC2CC2)c1)c1cccc(NC(C(=O)O[C@H]2CN3CCC2CC3)c2ccccc2F)c1. The van der Waals surface area contributed by atoms with Crippen LogP contribution in [0.5, 0.6) is 11.5 Å². The minimum atomic E-state index is -5.08. The highest BCUT2D eigenvalue weighted by Gasteiger charge is 2.39. The number of fused-ring (bicyclic) bond motifs is 3. The number of aromatic nitrogens is 1. The van der Waals surface area contributed by atoms with Crippen LogP contribution in [-0.2, 0) is 25.5 Å². The Morgan fingerprint density at radius 1 is 0.935 bits per heavy atom. The Morgan fingerprint density at radius 3 is 2.21 bits per heavy atom. The molecule has 332 valence electrons. The molecular formula is C42H39Cl2F6N3O9. The van der Waals surface area contributed by atoms with E-state index in [1.807, 2.05) is 0 Å². The van der Waals surface area contributed by atoms with Gasteiger partial charge in [0.2, 0.25) is 0 Å². The number of piperidine rings is 3. The monoisotopic (exact) mass is 913 g/mol. The van der Waals surface area contributed by atoms with E-state index in [2.05, 4.69) is 10.2 Å². The molecule has 3 atom stereocenters. The van der Waals surface area contributed by atoms with Gasteiger partial charge in [-0.05, 0) is 92.6 Å². The smallest absolute Gasteiger partial charge is 0.490 e. The van der Waals surface area contributed by atoms with E-state index in [-0.39, 0.29) is 57.7 Å². The standard InChI is InChI=1S/C40H38Cl2F3N3O7.C2HF3O2/c41-30-19-48(51)20-31(42)29(30)18-34(25-10-11-33(55-40(44)45)35(17-25)52-22-23-8-9-23)53-38(49)26-4-3-5-27(16-26)46-37(28-6-1-2-7-32(28)43)39(50)54-36-21-47-14-12-24(36)13-15-47;3-2(4,5)1(6)7/h1-7,10-11,16-17,19-20,23-24,34,36-37,40,46H,8-9,12-15,18,21-22H2;(H,6,7)/t34?,36-,37?;/m0./s1.